The molecular formula is C30H35FN8O4. The molecule has 0 spiro atoms. The second kappa shape index (κ2) is 11.4. The van der Waals surface area contributed by atoms with Gasteiger partial charge in [-0.3, -0.25) is 19.8 Å². The fraction of sp³-hybridized carbons (Fsp3) is 0.367. The zero-order valence-electron chi connectivity index (χ0n) is 25.0. The number of rotatable bonds is 6. The van der Waals surface area contributed by atoms with Crippen LogP contribution in [0.2, 0.25) is 0 Å². The van der Waals surface area contributed by atoms with E-state index in [0.29, 0.717) is 40.9 Å². The van der Waals surface area contributed by atoms with Crippen molar-refractivity contribution >= 4 is 45.8 Å². The molecule has 4 N–H and O–H groups in total. The van der Waals surface area contributed by atoms with Crippen LogP contribution in [0.15, 0.2) is 36.8 Å². The van der Waals surface area contributed by atoms with E-state index >= 15 is 4.39 Å². The molecule has 0 saturated carbocycles. The molecule has 1 aliphatic heterocycles. The van der Waals surface area contributed by atoms with Crippen LogP contribution in [0, 0.1) is 5.82 Å². The van der Waals surface area contributed by atoms with E-state index in [2.05, 4.69) is 25.7 Å². The van der Waals surface area contributed by atoms with Crippen molar-refractivity contribution in [3.8, 4) is 16.9 Å². The molecular weight excluding hydrogens is 555 g/mol. The number of hydrogen-bond acceptors (Lipinski definition) is 9. The number of carbonyl (C=O) groups excluding carboxylic acids is 2. The molecule has 4 heterocycles. The number of aromatic nitrogens is 4. The molecule has 0 atom stereocenters. The molecule has 3 aromatic heterocycles. The minimum atomic E-state index is -0.824. The summed E-state index contributed by atoms with van der Waals surface area (Å²) >= 11 is 0. The van der Waals surface area contributed by atoms with Gasteiger partial charge in [-0.2, -0.15) is 5.10 Å². The lowest BCUT2D eigenvalue weighted by Crippen LogP contribution is -2.38. The second-order valence-corrected chi connectivity index (χ2v) is 11.6. The number of nitrogens with one attached hydrogen (secondary N) is 2. The number of methoxy groups -OCH3 is 1. The molecule has 13 heteroatoms. The fourth-order valence-electron chi connectivity index (χ4n) is 5.06. The quantitative estimate of drug-likeness (QED) is 0.278. The standard InChI is InChI=1S/C30H35FN8O4/c1-16(2)38-8-7-18-11-24(37-39(18)15-25(38)40)35-23-10-17-9-19(21-12-33-14-22(32)28(21)42-6)26(31)27(20(17)13-34-23)36-29(41)43-30(3,4)5/h9-14,16H,7-8,15,32H2,1-6H3,(H,36,41)(H,34,35,37). The van der Waals surface area contributed by atoms with Gasteiger partial charge in [-0.15, -0.1) is 0 Å². The number of pyridine rings is 2. The Kier molecular flexibility index (Phi) is 7.82. The van der Waals surface area contributed by atoms with Crippen LogP contribution in [-0.2, 0) is 22.5 Å². The number of fused-ring (bicyclic) bond motifs is 2. The zero-order valence-corrected chi connectivity index (χ0v) is 25.0. The number of hydrogen-bond donors (Lipinski definition) is 3. The van der Waals surface area contributed by atoms with Crippen molar-refractivity contribution in [2.75, 3.05) is 30.0 Å². The third-order valence-corrected chi connectivity index (χ3v) is 6.96. The average Bonchev–Trinajstić information content (AvgIpc) is 3.21. The van der Waals surface area contributed by atoms with Gasteiger partial charge in [0.05, 0.1) is 24.7 Å². The maximum Gasteiger partial charge on any atom is 0.412 e. The molecule has 226 valence electrons. The zero-order chi connectivity index (χ0) is 31.1. The summed E-state index contributed by atoms with van der Waals surface area (Å²) < 4.78 is 28.7. The second-order valence-electron chi connectivity index (χ2n) is 11.6. The Morgan fingerprint density at radius 1 is 1.12 bits per heavy atom. The van der Waals surface area contributed by atoms with Gasteiger partial charge in [-0.1, -0.05) is 0 Å². The lowest BCUT2D eigenvalue weighted by Gasteiger charge is -2.24. The number of nitrogens with zero attached hydrogens (tertiary/aromatic N) is 5. The Labute approximate surface area is 248 Å². The van der Waals surface area contributed by atoms with Gasteiger partial charge in [0, 0.05) is 59.7 Å². The summed E-state index contributed by atoms with van der Waals surface area (Å²) in [6.45, 7) is 9.90. The van der Waals surface area contributed by atoms with Crippen molar-refractivity contribution in [1.82, 2.24) is 24.6 Å². The first-order valence-corrected chi connectivity index (χ1v) is 13.9. The SMILES string of the molecule is COc1c(N)cncc1-c1cc2cc(Nc3cc4n(n3)CC(=O)N(C(C)C)CC4)ncc2c(NC(=O)OC(C)(C)C)c1F. The maximum atomic E-state index is 16.2. The van der Waals surface area contributed by atoms with Gasteiger partial charge in [-0.25, -0.2) is 14.2 Å². The van der Waals surface area contributed by atoms with Crippen molar-refractivity contribution < 1.29 is 23.5 Å². The lowest BCUT2D eigenvalue weighted by atomic mass is 9.99. The topological polar surface area (TPSA) is 150 Å². The number of benzene rings is 1. The molecule has 43 heavy (non-hydrogen) atoms. The first-order valence-electron chi connectivity index (χ1n) is 13.9. The molecule has 0 unspecified atom stereocenters. The van der Waals surface area contributed by atoms with E-state index in [1.165, 1.54) is 25.7 Å². The van der Waals surface area contributed by atoms with Gasteiger partial charge in [0.15, 0.2) is 17.4 Å². The molecule has 5 rings (SSSR count). The maximum absolute atomic E-state index is 16.2. The first-order chi connectivity index (χ1) is 20.3. The monoisotopic (exact) mass is 590 g/mol. The van der Waals surface area contributed by atoms with Crippen LogP contribution < -0.4 is 21.1 Å². The Hall–Kier alpha value is -4.94. The highest BCUT2D eigenvalue weighted by Gasteiger charge is 2.25. The third-order valence-electron chi connectivity index (χ3n) is 6.96. The van der Waals surface area contributed by atoms with Crippen LogP contribution in [0.25, 0.3) is 21.9 Å². The van der Waals surface area contributed by atoms with E-state index in [9.17, 15) is 9.59 Å². The Morgan fingerprint density at radius 3 is 2.58 bits per heavy atom. The van der Waals surface area contributed by atoms with E-state index in [-0.39, 0.29) is 41.2 Å². The van der Waals surface area contributed by atoms with Crippen molar-refractivity contribution in [1.29, 1.82) is 0 Å². The summed E-state index contributed by atoms with van der Waals surface area (Å²) in [6.07, 6.45) is 4.15. The molecule has 0 bridgehead atoms. The normalized spacial score (nSPS) is 13.6. The lowest BCUT2D eigenvalue weighted by molar-refractivity contribution is -0.133. The predicted molar refractivity (Wildman–Crippen MR) is 162 cm³/mol. The van der Waals surface area contributed by atoms with Gasteiger partial charge in [0.2, 0.25) is 5.91 Å². The minimum Gasteiger partial charge on any atom is -0.494 e. The third kappa shape index (κ3) is 6.15. The van der Waals surface area contributed by atoms with E-state index in [1.54, 1.807) is 37.6 Å². The summed E-state index contributed by atoms with van der Waals surface area (Å²) in [5, 5.41) is 11.2. The average molecular weight is 591 g/mol. The minimum absolute atomic E-state index is 0.0123. The molecule has 1 aliphatic rings. The molecule has 0 aliphatic carbocycles. The van der Waals surface area contributed by atoms with Crippen molar-refractivity contribution in [2.45, 2.75) is 59.2 Å². The molecule has 2 amide bonds. The predicted octanol–water partition coefficient (Wildman–Crippen LogP) is 5.11. The largest absolute Gasteiger partial charge is 0.494 e. The molecule has 0 radical (unpaired) electrons. The Balaban J connectivity index is 1.55. The molecule has 0 saturated heterocycles. The number of nitrogens with two attached hydrogens (primary N) is 1. The smallest absolute Gasteiger partial charge is 0.412 e. The first kappa shape index (κ1) is 29.5. The summed E-state index contributed by atoms with van der Waals surface area (Å²) in [4.78, 5) is 35.9. The molecule has 1 aromatic carbocycles. The van der Waals surface area contributed by atoms with Gasteiger partial charge in [-0.05, 0) is 52.1 Å². The Morgan fingerprint density at radius 2 is 1.88 bits per heavy atom. The van der Waals surface area contributed by atoms with Gasteiger partial charge >= 0.3 is 6.09 Å². The number of halogens is 1. The number of amides is 2. The number of ether oxygens (including phenoxy) is 2. The molecule has 12 nitrogen and oxygen atoms in total. The highest BCUT2D eigenvalue weighted by molar-refractivity contribution is 6.04. The van der Waals surface area contributed by atoms with Crippen LogP contribution >= 0.6 is 0 Å². The van der Waals surface area contributed by atoms with E-state index < -0.39 is 17.5 Å². The van der Waals surface area contributed by atoms with Crippen molar-refractivity contribution in [3.63, 3.8) is 0 Å². The van der Waals surface area contributed by atoms with Gasteiger partial charge < -0.3 is 25.4 Å². The van der Waals surface area contributed by atoms with E-state index in [0.717, 1.165) is 5.69 Å². The fourth-order valence-corrected chi connectivity index (χ4v) is 5.06. The summed E-state index contributed by atoms with van der Waals surface area (Å²) in [5.41, 5.74) is 6.71. The summed E-state index contributed by atoms with van der Waals surface area (Å²) in [5.74, 6) is 0.467. The highest BCUT2D eigenvalue weighted by atomic mass is 19.1. The molecule has 0 fully saturated rings. The van der Waals surface area contributed by atoms with Crippen molar-refractivity contribution in [3.05, 3.63) is 48.3 Å². The Bertz CT molecular complexity index is 1710. The summed E-state index contributed by atoms with van der Waals surface area (Å²) in [7, 11) is 1.43. The van der Waals surface area contributed by atoms with Crippen LogP contribution in [-0.4, -0.2) is 61.9 Å². The van der Waals surface area contributed by atoms with Gasteiger partial charge in [0.25, 0.3) is 0 Å². The summed E-state index contributed by atoms with van der Waals surface area (Å²) in [6, 6.07) is 5.32. The number of anilines is 4. The highest BCUT2D eigenvalue weighted by Crippen LogP contribution is 2.41. The van der Waals surface area contributed by atoms with Gasteiger partial charge in [0.1, 0.15) is 18.0 Å². The number of carbonyl (C=O) groups is 2. The van der Waals surface area contributed by atoms with Crippen LogP contribution in [0.5, 0.6) is 5.75 Å². The molecule has 4 aromatic rings. The number of nitrogen functional groups attached to an aromatic ring is 1. The van der Waals surface area contributed by atoms with Crippen LogP contribution in [0.3, 0.4) is 0 Å². The van der Waals surface area contributed by atoms with E-state index in [1.807, 2.05) is 24.8 Å². The van der Waals surface area contributed by atoms with Crippen LogP contribution in [0.4, 0.5) is 32.2 Å². The van der Waals surface area contributed by atoms with E-state index in [4.69, 9.17) is 15.2 Å². The van der Waals surface area contributed by atoms with Crippen molar-refractivity contribution in [2.24, 2.45) is 0 Å². The van der Waals surface area contributed by atoms with Crippen LogP contribution in [0.1, 0.15) is 40.3 Å².